The van der Waals surface area contributed by atoms with Crippen LogP contribution in [0.15, 0.2) is 30.3 Å². The fraction of sp³-hybridized carbons (Fsp3) is 0.364. The Bertz CT molecular complexity index is 896. The highest BCUT2D eigenvalue weighted by atomic mass is 16.3. The maximum atomic E-state index is 9.77. The second-order valence-corrected chi connectivity index (χ2v) is 7.42. The second-order valence-electron chi connectivity index (χ2n) is 7.42. The molecule has 2 N–H and O–H groups in total. The maximum absolute atomic E-state index is 9.77. The van der Waals surface area contributed by atoms with E-state index in [1.165, 1.54) is 51.7 Å². The Hall–Kier alpha value is -2.22. The van der Waals surface area contributed by atoms with Crippen LogP contribution in [-0.4, -0.2) is 10.1 Å². The summed E-state index contributed by atoms with van der Waals surface area (Å²) in [5, 5.41) is 11.1. The molecule has 0 aliphatic heterocycles. The van der Waals surface area contributed by atoms with E-state index in [2.05, 4.69) is 44.0 Å². The van der Waals surface area contributed by atoms with Gasteiger partial charge < -0.3 is 10.1 Å². The molecule has 0 spiro atoms. The van der Waals surface area contributed by atoms with Crippen LogP contribution in [0.3, 0.4) is 0 Å². The van der Waals surface area contributed by atoms with Gasteiger partial charge in [-0.15, -0.1) is 0 Å². The van der Waals surface area contributed by atoms with Crippen LogP contribution in [0.1, 0.15) is 52.3 Å². The van der Waals surface area contributed by atoms with Gasteiger partial charge in [-0.25, -0.2) is 0 Å². The molecule has 2 nitrogen and oxygen atoms in total. The van der Waals surface area contributed by atoms with Crippen LogP contribution >= 0.6 is 0 Å². The van der Waals surface area contributed by atoms with Crippen LogP contribution in [0.5, 0.6) is 5.75 Å². The standard InChI is InChI=1S/C22H25NO/c1-13-9-14(2)19(15(3)10-13)11-16-5-4-6-20-22(16)18-8-7-17(24)12-21(18)23-20/h7-10,12,16,23-24H,4-6,11H2,1-3H3. The minimum atomic E-state index is 0.336. The van der Waals surface area contributed by atoms with E-state index in [-0.39, 0.29) is 0 Å². The summed E-state index contributed by atoms with van der Waals surface area (Å²) in [6, 6.07) is 10.4. The molecule has 0 saturated heterocycles. The number of H-pyrrole nitrogens is 1. The summed E-state index contributed by atoms with van der Waals surface area (Å²) < 4.78 is 0. The van der Waals surface area contributed by atoms with Gasteiger partial charge in [0.05, 0.1) is 0 Å². The Morgan fingerprint density at radius 1 is 1.08 bits per heavy atom. The number of aryl methyl sites for hydroxylation is 4. The quantitative estimate of drug-likeness (QED) is 0.646. The van der Waals surface area contributed by atoms with Gasteiger partial charge in [-0.1, -0.05) is 17.7 Å². The number of hydrogen-bond donors (Lipinski definition) is 2. The summed E-state index contributed by atoms with van der Waals surface area (Å²) in [5.41, 5.74) is 9.61. The van der Waals surface area contributed by atoms with Gasteiger partial charge in [-0.3, -0.25) is 0 Å². The number of nitrogens with one attached hydrogen (secondary N) is 1. The molecule has 0 radical (unpaired) electrons. The molecule has 2 aromatic carbocycles. The molecular formula is C22H25NO. The van der Waals surface area contributed by atoms with Gasteiger partial charge in [0.25, 0.3) is 0 Å². The molecule has 0 saturated carbocycles. The molecule has 24 heavy (non-hydrogen) atoms. The molecule has 1 atom stereocenters. The zero-order valence-corrected chi connectivity index (χ0v) is 14.7. The summed E-state index contributed by atoms with van der Waals surface area (Å²) in [5.74, 6) is 0.898. The number of aromatic nitrogens is 1. The van der Waals surface area contributed by atoms with Crippen molar-refractivity contribution in [2.75, 3.05) is 0 Å². The Kier molecular flexibility index (Phi) is 3.64. The summed E-state index contributed by atoms with van der Waals surface area (Å²) in [4.78, 5) is 3.55. The molecule has 1 heterocycles. The van der Waals surface area contributed by atoms with E-state index in [1.54, 1.807) is 0 Å². The highest BCUT2D eigenvalue weighted by molar-refractivity contribution is 5.86. The van der Waals surface area contributed by atoms with E-state index in [1.807, 2.05) is 12.1 Å². The Balaban J connectivity index is 1.79. The average molecular weight is 319 g/mol. The van der Waals surface area contributed by atoms with Gasteiger partial charge in [-0.05, 0) is 86.8 Å². The number of phenolic OH excluding ortho intramolecular Hbond substituents is 1. The molecule has 124 valence electrons. The summed E-state index contributed by atoms with van der Waals surface area (Å²) in [6.45, 7) is 6.66. The van der Waals surface area contributed by atoms with Gasteiger partial charge in [0, 0.05) is 22.7 Å². The second kappa shape index (κ2) is 5.70. The molecule has 0 fully saturated rings. The number of hydrogen-bond acceptors (Lipinski definition) is 1. The van der Waals surface area contributed by atoms with Gasteiger partial charge in [-0.2, -0.15) is 0 Å². The lowest BCUT2D eigenvalue weighted by molar-refractivity contribution is 0.476. The smallest absolute Gasteiger partial charge is 0.117 e. The van der Waals surface area contributed by atoms with Crippen molar-refractivity contribution in [1.29, 1.82) is 0 Å². The van der Waals surface area contributed by atoms with Crippen molar-refractivity contribution in [3.05, 3.63) is 63.8 Å². The summed E-state index contributed by atoms with van der Waals surface area (Å²) >= 11 is 0. The van der Waals surface area contributed by atoms with Crippen LogP contribution in [0.4, 0.5) is 0 Å². The number of fused-ring (bicyclic) bond motifs is 3. The zero-order valence-electron chi connectivity index (χ0n) is 14.7. The Morgan fingerprint density at radius 2 is 1.83 bits per heavy atom. The van der Waals surface area contributed by atoms with Crippen LogP contribution in [0.2, 0.25) is 0 Å². The zero-order chi connectivity index (χ0) is 16.8. The van der Waals surface area contributed by atoms with Crippen LogP contribution < -0.4 is 0 Å². The molecule has 4 rings (SSSR count). The fourth-order valence-electron chi connectivity index (χ4n) is 4.58. The molecule has 0 bridgehead atoms. The van der Waals surface area contributed by atoms with Crippen LogP contribution in [0.25, 0.3) is 10.9 Å². The monoisotopic (exact) mass is 319 g/mol. The highest BCUT2D eigenvalue weighted by Gasteiger charge is 2.25. The Labute approximate surface area is 143 Å². The van der Waals surface area contributed by atoms with E-state index in [9.17, 15) is 5.11 Å². The van der Waals surface area contributed by atoms with E-state index in [4.69, 9.17) is 0 Å². The summed E-state index contributed by atoms with van der Waals surface area (Å²) in [7, 11) is 0. The van der Waals surface area contributed by atoms with E-state index < -0.39 is 0 Å². The van der Waals surface area contributed by atoms with Gasteiger partial charge >= 0.3 is 0 Å². The first kappa shape index (κ1) is 15.3. The predicted molar refractivity (Wildman–Crippen MR) is 100.0 cm³/mol. The van der Waals surface area contributed by atoms with Crippen molar-refractivity contribution in [3.63, 3.8) is 0 Å². The lowest BCUT2D eigenvalue weighted by atomic mass is 9.79. The number of phenols is 1. The summed E-state index contributed by atoms with van der Waals surface area (Å²) in [6.07, 6.45) is 4.71. The molecule has 3 aromatic rings. The molecule has 1 aliphatic rings. The van der Waals surface area contributed by atoms with Crippen molar-refractivity contribution in [2.24, 2.45) is 0 Å². The topological polar surface area (TPSA) is 36.0 Å². The molecule has 2 heteroatoms. The Morgan fingerprint density at radius 3 is 2.58 bits per heavy atom. The van der Waals surface area contributed by atoms with Crippen LogP contribution in [-0.2, 0) is 12.8 Å². The third-order valence-electron chi connectivity index (χ3n) is 5.58. The van der Waals surface area contributed by atoms with Crippen molar-refractivity contribution in [3.8, 4) is 5.75 Å². The molecule has 1 aromatic heterocycles. The molecule has 1 unspecified atom stereocenters. The first-order valence-electron chi connectivity index (χ1n) is 8.93. The SMILES string of the molecule is Cc1cc(C)c(CC2CCCc3[nH]c4cc(O)ccc4c32)c(C)c1. The largest absolute Gasteiger partial charge is 0.508 e. The van der Waals surface area contributed by atoms with Crippen molar-refractivity contribution < 1.29 is 5.11 Å². The maximum Gasteiger partial charge on any atom is 0.117 e. The lowest BCUT2D eigenvalue weighted by Gasteiger charge is -2.25. The number of aromatic amines is 1. The van der Waals surface area contributed by atoms with E-state index in [0.29, 0.717) is 11.7 Å². The normalized spacial score (nSPS) is 17.2. The number of rotatable bonds is 2. The third kappa shape index (κ3) is 2.50. The lowest BCUT2D eigenvalue weighted by Crippen LogP contribution is -2.12. The van der Waals surface area contributed by atoms with Crippen molar-refractivity contribution in [2.45, 2.75) is 52.4 Å². The minimum absolute atomic E-state index is 0.336. The number of aromatic hydroxyl groups is 1. The van der Waals surface area contributed by atoms with Gasteiger partial charge in [0.1, 0.15) is 5.75 Å². The van der Waals surface area contributed by atoms with E-state index in [0.717, 1.165) is 18.4 Å². The molecular weight excluding hydrogens is 294 g/mol. The highest BCUT2D eigenvalue weighted by Crippen LogP contribution is 2.40. The predicted octanol–water partition coefficient (Wildman–Crippen LogP) is 5.46. The van der Waals surface area contributed by atoms with Gasteiger partial charge in [0.2, 0.25) is 0 Å². The number of benzene rings is 2. The average Bonchev–Trinajstić information content (AvgIpc) is 2.88. The minimum Gasteiger partial charge on any atom is -0.508 e. The molecule has 1 aliphatic carbocycles. The fourth-order valence-corrected chi connectivity index (χ4v) is 4.58. The first-order chi connectivity index (χ1) is 11.5. The van der Waals surface area contributed by atoms with E-state index >= 15 is 0 Å². The third-order valence-corrected chi connectivity index (χ3v) is 5.58. The van der Waals surface area contributed by atoms with Crippen LogP contribution in [0, 0.1) is 20.8 Å². The van der Waals surface area contributed by atoms with Crippen molar-refractivity contribution >= 4 is 10.9 Å². The first-order valence-corrected chi connectivity index (χ1v) is 8.93. The molecule has 0 amide bonds. The van der Waals surface area contributed by atoms with Gasteiger partial charge in [0.15, 0.2) is 0 Å². The van der Waals surface area contributed by atoms with Crippen molar-refractivity contribution in [1.82, 2.24) is 4.98 Å².